The monoisotopic (exact) mass is 273 g/mol. The zero-order valence-electron chi connectivity index (χ0n) is 11.5. The van der Waals surface area contributed by atoms with Crippen LogP contribution in [0.3, 0.4) is 0 Å². The molecule has 1 atom stereocenters. The highest BCUT2D eigenvalue weighted by Crippen LogP contribution is 2.49. The lowest BCUT2D eigenvalue weighted by Crippen LogP contribution is -2.10. The number of aliphatic hydroxyl groups excluding tert-OH is 1. The fourth-order valence-electron chi connectivity index (χ4n) is 3.28. The number of pyridine rings is 1. The molecular weight excluding hydrogens is 258 g/mol. The SMILES string of the molecule is OC(c1cccnc1)C1c2ccccc2-c2ccccc21. The molecular formula is C19H15NO. The summed E-state index contributed by atoms with van der Waals surface area (Å²) < 4.78 is 0. The lowest BCUT2D eigenvalue weighted by molar-refractivity contribution is 0.160. The van der Waals surface area contributed by atoms with Crippen molar-refractivity contribution in [1.82, 2.24) is 4.98 Å². The fraction of sp³-hybridized carbons (Fsp3) is 0.105. The maximum Gasteiger partial charge on any atom is 0.0914 e. The molecule has 1 heterocycles. The van der Waals surface area contributed by atoms with Gasteiger partial charge < -0.3 is 5.11 Å². The van der Waals surface area contributed by atoms with Gasteiger partial charge in [-0.3, -0.25) is 4.98 Å². The molecule has 2 heteroatoms. The molecule has 2 nitrogen and oxygen atoms in total. The van der Waals surface area contributed by atoms with Gasteiger partial charge in [-0.1, -0.05) is 54.6 Å². The Morgan fingerprint density at radius 2 is 1.43 bits per heavy atom. The second-order valence-electron chi connectivity index (χ2n) is 5.38. The van der Waals surface area contributed by atoms with Crippen LogP contribution in [0.2, 0.25) is 0 Å². The molecule has 1 aliphatic rings. The number of aliphatic hydroxyl groups is 1. The summed E-state index contributed by atoms with van der Waals surface area (Å²) >= 11 is 0. The first-order valence-corrected chi connectivity index (χ1v) is 7.12. The molecule has 0 saturated carbocycles. The highest BCUT2D eigenvalue weighted by Gasteiger charge is 2.33. The Morgan fingerprint density at radius 3 is 2.00 bits per heavy atom. The van der Waals surface area contributed by atoms with E-state index in [1.165, 1.54) is 22.3 Å². The van der Waals surface area contributed by atoms with Gasteiger partial charge in [0, 0.05) is 18.3 Å². The van der Waals surface area contributed by atoms with E-state index in [1.807, 2.05) is 24.3 Å². The van der Waals surface area contributed by atoms with Gasteiger partial charge in [-0.2, -0.15) is 0 Å². The quantitative estimate of drug-likeness (QED) is 0.767. The van der Waals surface area contributed by atoms with E-state index in [0.717, 1.165) is 5.56 Å². The fourth-order valence-corrected chi connectivity index (χ4v) is 3.28. The summed E-state index contributed by atoms with van der Waals surface area (Å²) in [6.45, 7) is 0. The van der Waals surface area contributed by atoms with Gasteiger partial charge in [0.15, 0.2) is 0 Å². The Bertz CT molecular complexity index is 737. The topological polar surface area (TPSA) is 33.1 Å². The van der Waals surface area contributed by atoms with Gasteiger partial charge in [0.25, 0.3) is 0 Å². The highest BCUT2D eigenvalue weighted by atomic mass is 16.3. The number of nitrogens with zero attached hydrogens (tertiary/aromatic N) is 1. The number of hydrogen-bond acceptors (Lipinski definition) is 2. The first-order valence-electron chi connectivity index (χ1n) is 7.12. The van der Waals surface area contributed by atoms with Crippen molar-refractivity contribution in [2.45, 2.75) is 12.0 Å². The summed E-state index contributed by atoms with van der Waals surface area (Å²) in [4.78, 5) is 4.13. The Kier molecular flexibility index (Phi) is 2.83. The molecule has 0 bridgehead atoms. The van der Waals surface area contributed by atoms with E-state index in [1.54, 1.807) is 12.4 Å². The number of fused-ring (bicyclic) bond motifs is 3. The van der Waals surface area contributed by atoms with Crippen molar-refractivity contribution in [3.05, 3.63) is 89.7 Å². The van der Waals surface area contributed by atoms with E-state index in [2.05, 4.69) is 41.4 Å². The first-order chi connectivity index (χ1) is 10.4. The Morgan fingerprint density at radius 1 is 0.810 bits per heavy atom. The van der Waals surface area contributed by atoms with Crippen molar-refractivity contribution >= 4 is 0 Å². The molecule has 0 saturated heterocycles. The van der Waals surface area contributed by atoms with Crippen LogP contribution in [0.15, 0.2) is 73.1 Å². The van der Waals surface area contributed by atoms with Crippen molar-refractivity contribution < 1.29 is 5.11 Å². The molecule has 1 aliphatic carbocycles. The second-order valence-corrected chi connectivity index (χ2v) is 5.38. The Hall–Kier alpha value is -2.45. The molecule has 21 heavy (non-hydrogen) atoms. The average molecular weight is 273 g/mol. The van der Waals surface area contributed by atoms with E-state index in [4.69, 9.17) is 0 Å². The molecule has 0 fully saturated rings. The zero-order valence-corrected chi connectivity index (χ0v) is 11.5. The third kappa shape index (κ3) is 1.88. The van der Waals surface area contributed by atoms with Crippen LogP contribution >= 0.6 is 0 Å². The van der Waals surface area contributed by atoms with Gasteiger partial charge >= 0.3 is 0 Å². The van der Waals surface area contributed by atoms with Gasteiger partial charge in [0.05, 0.1) is 6.10 Å². The van der Waals surface area contributed by atoms with Crippen LogP contribution in [-0.4, -0.2) is 10.1 Å². The van der Waals surface area contributed by atoms with E-state index < -0.39 is 6.10 Å². The van der Waals surface area contributed by atoms with Crippen LogP contribution in [-0.2, 0) is 0 Å². The second kappa shape index (κ2) is 4.83. The van der Waals surface area contributed by atoms with E-state index in [9.17, 15) is 5.11 Å². The van der Waals surface area contributed by atoms with Crippen molar-refractivity contribution in [1.29, 1.82) is 0 Å². The minimum absolute atomic E-state index is 0.0263. The van der Waals surface area contributed by atoms with Gasteiger partial charge in [-0.05, 0) is 33.9 Å². The minimum Gasteiger partial charge on any atom is -0.387 e. The van der Waals surface area contributed by atoms with E-state index in [0.29, 0.717) is 0 Å². The molecule has 1 N–H and O–H groups in total. The lowest BCUT2D eigenvalue weighted by atomic mass is 9.88. The van der Waals surface area contributed by atoms with E-state index >= 15 is 0 Å². The van der Waals surface area contributed by atoms with Crippen molar-refractivity contribution in [3.63, 3.8) is 0 Å². The zero-order chi connectivity index (χ0) is 14.2. The predicted octanol–water partition coefficient (Wildman–Crippen LogP) is 3.93. The van der Waals surface area contributed by atoms with Crippen molar-refractivity contribution in [2.75, 3.05) is 0 Å². The lowest BCUT2D eigenvalue weighted by Gasteiger charge is -2.20. The molecule has 1 aromatic heterocycles. The average Bonchev–Trinajstić information content (AvgIpc) is 2.90. The van der Waals surface area contributed by atoms with Crippen LogP contribution in [0.4, 0.5) is 0 Å². The molecule has 2 aromatic carbocycles. The predicted molar refractivity (Wildman–Crippen MR) is 82.9 cm³/mol. The summed E-state index contributed by atoms with van der Waals surface area (Å²) in [5.41, 5.74) is 5.68. The summed E-state index contributed by atoms with van der Waals surface area (Å²) in [7, 11) is 0. The standard InChI is InChI=1S/C19H15NO/c21-19(13-6-5-11-20-12-13)18-16-9-3-1-7-14(16)15-8-2-4-10-17(15)18/h1-12,18-19,21H. The first kappa shape index (κ1) is 12.3. The molecule has 3 aromatic rings. The van der Waals surface area contributed by atoms with Gasteiger partial charge in [0.2, 0.25) is 0 Å². The molecule has 102 valence electrons. The van der Waals surface area contributed by atoms with Crippen molar-refractivity contribution in [2.24, 2.45) is 0 Å². The van der Waals surface area contributed by atoms with Gasteiger partial charge in [-0.25, -0.2) is 0 Å². The minimum atomic E-state index is -0.580. The smallest absolute Gasteiger partial charge is 0.0914 e. The van der Waals surface area contributed by atoms with Gasteiger partial charge in [0.1, 0.15) is 0 Å². The maximum atomic E-state index is 10.9. The van der Waals surface area contributed by atoms with Crippen molar-refractivity contribution in [3.8, 4) is 11.1 Å². The number of rotatable bonds is 2. The largest absolute Gasteiger partial charge is 0.387 e. The summed E-state index contributed by atoms with van der Waals surface area (Å²) in [5.74, 6) is -0.0263. The molecule has 0 radical (unpaired) electrons. The Balaban J connectivity index is 1.89. The number of aromatic nitrogens is 1. The molecule has 4 rings (SSSR count). The maximum absolute atomic E-state index is 10.9. The summed E-state index contributed by atoms with van der Waals surface area (Å²) in [5, 5.41) is 10.9. The molecule has 0 aliphatic heterocycles. The number of benzene rings is 2. The normalized spacial score (nSPS) is 14.5. The summed E-state index contributed by atoms with van der Waals surface area (Å²) in [6.07, 6.45) is 2.89. The third-order valence-corrected chi connectivity index (χ3v) is 4.22. The molecule has 0 spiro atoms. The Labute approximate surface area is 123 Å². The van der Waals surface area contributed by atoms with Crippen LogP contribution in [0.5, 0.6) is 0 Å². The molecule has 1 unspecified atom stereocenters. The molecule has 0 amide bonds. The number of hydrogen-bond donors (Lipinski definition) is 1. The summed E-state index contributed by atoms with van der Waals surface area (Å²) in [6, 6.07) is 20.4. The highest BCUT2D eigenvalue weighted by molar-refractivity contribution is 5.79. The van der Waals surface area contributed by atoms with Crippen LogP contribution in [0.25, 0.3) is 11.1 Å². The third-order valence-electron chi connectivity index (χ3n) is 4.22. The van der Waals surface area contributed by atoms with Gasteiger partial charge in [-0.15, -0.1) is 0 Å². The van der Waals surface area contributed by atoms with E-state index in [-0.39, 0.29) is 5.92 Å². The van der Waals surface area contributed by atoms with Crippen LogP contribution < -0.4 is 0 Å². The van der Waals surface area contributed by atoms with Crippen LogP contribution in [0, 0.1) is 0 Å². The van der Waals surface area contributed by atoms with Crippen LogP contribution in [0.1, 0.15) is 28.7 Å².